The first-order valence-corrected chi connectivity index (χ1v) is 24.8. The van der Waals surface area contributed by atoms with Crippen molar-refractivity contribution in [1.82, 2.24) is 5.32 Å². The van der Waals surface area contributed by atoms with E-state index in [4.69, 9.17) is 4.74 Å². The lowest BCUT2D eigenvalue weighted by Crippen LogP contribution is -2.46. The van der Waals surface area contributed by atoms with Gasteiger partial charge in [0.05, 0.1) is 25.2 Å². The molecule has 0 aromatic heterocycles. The first-order chi connectivity index (χ1) is 29.5. The summed E-state index contributed by atoms with van der Waals surface area (Å²) < 4.78 is 5.82. The second kappa shape index (κ2) is 47.1. The lowest BCUT2D eigenvalue weighted by molar-refractivity contribution is -0.150. The fourth-order valence-corrected chi connectivity index (χ4v) is 6.98. The van der Waals surface area contributed by atoms with Gasteiger partial charge in [-0.2, -0.15) is 0 Å². The van der Waals surface area contributed by atoms with Crippen molar-refractivity contribution in [1.29, 1.82) is 0 Å². The van der Waals surface area contributed by atoms with Gasteiger partial charge in [-0.25, -0.2) is 0 Å². The molecule has 0 aliphatic rings. The predicted octanol–water partition coefficient (Wildman–Crippen LogP) is 14.8. The minimum absolute atomic E-state index is 0.0265. The maximum Gasteiger partial charge on any atom is 0.306 e. The number of allylic oxidation sites excluding steroid dienone is 13. The Morgan fingerprint density at radius 2 is 0.933 bits per heavy atom. The van der Waals surface area contributed by atoms with Crippen molar-refractivity contribution < 1.29 is 24.5 Å². The molecule has 0 radical (unpaired) electrons. The second-order valence-electron chi connectivity index (χ2n) is 16.5. The molecular weight excluding hydrogens is 743 g/mol. The summed E-state index contributed by atoms with van der Waals surface area (Å²) in [6.45, 7) is 6.31. The SMILES string of the molecule is CC/C=C\C/C=C\C/C=C\C/C=C\C/C=C\CC(CC(=O)NC(CO)C(O)CCCCCCCCCCCCCCC)OC(=O)CC/C=C/C/C=C\CCCCCCCC. The van der Waals surface area contributed by atoms with E-state index in [0.717, 1.165) is 64.2 Å². The summed E-state index contributed by atoms with van der Waals surface area (Å²) in [5.74, 6) is -0.666. The van der Waals surface area contributed by atoms with E-state index >= 15 is 0 Å². The number of aliphatic hydroxyl groups is 2. The van der Waals surface area contributed by atoms with Gasteiger partial charge in [0.1, 0.15) is 6.10 Å². The summed E-state index contributed by atoms with van der Waals surface area (Å²) in [7, 11) is 0. The molecule has 0 aromatic rings. The highest BCUT2D eigenvalue weighted by atomic mass is 16.5. The first-order valence-electron chi connectivity index (χ1n) is 24.8. The van der Waals surface area contributed by atoms with Crippen LogP contribution in [0.5, 0.6) is 0 Å². The molecular formula is C54H93NO5. The average Bonchev–Trinajstić information content (AvgIpc) is 3.24. The molecule has 6 heteroatoms. The standard InChI is InChI=1S/C54H93NO5/c1-4-7-10-13-16-19-22-25-26-29-30-33-36-39-42-45-50(60-54(59)47-44-41-38-35-32-28-24-21-18-15-12-9-6-3)48-53(58)55-51(49-56)52(57)46-43-40-37-34-31-27-23-20-17-14-11-8-5-2/h7,10,16,19,25-26,28,30,32-33,38-39,41-42,50-52,56-57H,4-6,8-9,11-15,17-18,20-24,27,29,31,34-37,40,43-49H2,1-3H3,(H,55,58)/b10-7-,19-16-,26-25-,32-28-,33-30-,41-38+,42-39-. The van der Waals surface area contributed by atoms with Crippen molar-refractivity contribution in [3.63, 3.8) is 0 Å². The molecule has 0 heterocycles. The maximum absolute atomic E-state index is 13.2. The molecule has 0 aliphatic heterocycles. The molecule has 344 valence electrons. The fraction of sp³-hybridized carbons (Fsp3) is 0.704. The topological polar surface area (TPSA) is 95.9 Å². The fourth-order valence-electron chi connectivity index (χ4n) is 6.98. The highest BCUT2D eigenvalue weighted by molar-refractivity contribution is 5.77. The van der Waals surface area contributed by atoms with E-state index < -0.39 is 18.2 Å². The minimum Gasteiger partial charge on any atom is -0.461 e. The molecule has 0 bridgehead atoms. The second-order valence-corrected chi connectivity index (χ2v) is 16.5. The summed E-state index contributed by atoms with van der Waals surface area (Å²) in [4.78, 5) is 26.0. The number of rotatable bonds is 43. The number of carbonyl (C=O) groups is 2. The first kappa shape index (κ1) is 57.0. The quantitative estimate of drug-likeness (QED) is 0.0323. The molecule has 0 rings (SSSR count). The number of aliphatic hydroxyl groups excluding tert-OH is 2. The van der Waals surface area contributed by atoms with Gasteiger partial charge in [-0.15, -0.1) is 0 Å². The number of hydrogen-bond acceptors (Lipinski definition) is 5. The van der Waals surface area contributed by atoms with Gasteiger partial charge in [-0.1, -0.05) is 221 Å². The normalized spacial score (nSPS) is 14.0. The molecule has 0 aromatic carbocycles. The summed E-state index contributed by atoms with van der Waals surface area (Å²) in [5.41, 5.74) is 0. The number of nitrogens with one attached hydrogen (secondary N) is 1. The predicted molar refractivity (Wildman–Crippen MR) is 259 cm³/mol. The third kappa shape index (κ3) is 41.8. The average molecular weight is 836 g/mol. The van der Waals surface area contributed by atoms with Crippen molar-refractivity contribution in [2.75, 3.05) is 6.61 Å². The van der Waals surface area contributed by atoms with Crippen LogP contribution < -0.4 is 5.32 Å². The lowest BCUT2D eigenvalue weighted by Gasteiger charge is -2.24. The maximum atomic E-state index is 13.2. The molecule has 0 saturated carbocycles. The molecule has 3 unspecified atom stereocenters. The molecule has 0 spiro atoms. The van der Waals surface area contributed by atoms with E-state index in [1.165, 1.54) is 103 Å². The van der Waals surface area contributed by atoms with E-state index in [-0.39, 0.29) is 31.3 Å². The summed E-state index contributed by atoms with van der Waals surface area (Å²) in [6, 6.07) is -0.746. The number of unbranched alkanes of at least 4 members (excludes halogenated alkanes) is 18. The van der Waals surface area contributed by atoms with Gasteiger partial charge in [-0.05, 0) is 64.2 Å². The third-order valence-corrected chi connectivity index (χ3v) is 10.7. The summed E-state index contributed by atoms with van der Waals surface area (Å²) in [5, 5.41) is 23.7. The van der Waals surface area contributed by atoms with Crippen LogP contribution in [0.15, 0.2) is 85.1 Å². The van der Waals surface area contributed by atoms with Crippen LogP contribution in [-0.4, -0.2) is 46.9 Å². The zero-order valence-electron chi connectivity index (χ0n) is 39.1. The molecule has 0 aliphatic carbocycles. The number of hydrogen-bond donors (Lipinski definition) is 3. The van der Waals surface area contributed by atoms with E-state index in [2.05, 4.69) is 92.9 Å². The van der Waals surface area contributed by atoms with Crippen molar-refractivity contribution in [3.8, 4) is 0 Å². The van der Waals surface area contributed by atoms with E-state index in [9.17, 15) is 19.8 Å². The number of esters is 1. The lowest BCUT2D eigenvalue weighted by atomic mass is 10.0. The molecule has 60 heavy (non-hydrogen) atoms. The Morgan fingerprint density at radius 3 is 1.42 bits per heavy atom. The van der Waals surface area contributed by atoms with Crippen LogP contribution in [0, 0.1) is 0 Å². The van der Waals surface area contributed by atoms with Crippen LogP contribution in [0.2, 0.25) is 0 Å². The van der Waals surface area contributed by atoms with Gasteiger partial charge in [0.25, 0.3) is 0 Å². The van der Waals surface area contributed by atoms with Crippen LogP contribution in [-0.2, 0) is 14.3 Å². The Hall–Kier alpha value is -2.96. The highest BCUT2D eigenvalue weighted by Crippen LogP contribution is 2.15. The van der Waals surface area contributed by atoms with Crippen molar-refractivity contribution in [3.05, 3.63) is 85.1 Å². The zero-order valence-corrected chi connectivity index (χ0v) is 39.1. The summed E-state index contributed by atoms with van der Waals surface area (Å²) >= 11 is 0. The van der Waals surface area contributed by atoms with Gasteiger partial charge in [0.2, 0.25) is 5.91 Å². The van der Waals surface area contributed by atoms with E-state index in [0.29, 0.717) is 19.3 Å². The van der Waals surface area contributed by atoms with Crippen molar-refractivity contribution in [2.24, 2.45) is 0 Å². The van der Waals surface area contributed by atoms with Gasteiger partial charge in [0.15, 0.2) is 0 Å². The Balaban J connectivity index is 4.81. The third-order valence-electron chi connectivity index (χ3n) is 10.7. The molecule has 6 nitrogen and oxygen atoms in total. The Kier molecular flexibility index (Phi) is 44.8. The van der Waals surface area contributed by atoms with Crippen LogP contribution in [0.4, 0.5) is 0 Å². The Bertz CT molecular complexity index is 1160. The highest BCUT2D eigenvalue weighted by Gasteiger charge is 2.23. The Morgan fingerprint density at radius 1 is 0.517 bits per heavy atom. The summed E-state index contributed by atoms with van der Waals surface area (Å²) in [6.07, 6.45) is 60.9. The van der Waals surface area contributed by atoms with Gasteiger partial charge >= 0.3 is 5.97 Å². The van der Waals surface area contributed by atoms with Crippen molar-refractivity contribution in [2.45, 2.75) is 238 Å². The van der Waals surface area contributed by atoms with Crippen LogP contribution in [0.3, 0.4) is 0 Å². The van der Waals surface area contributed by atoms with Gasteiger partial charge in [-0.3, -0.25) is 9.59 Å². The number of carbonyl (C=O) groups excluding carboxylic acids is 2. The molecule has 3 atom stereocenters. The molecule has 3 N–H and O–H groups in total. The molecule has 0 saturated heterocycles. The largest absolute Gasteiger partial charge is 0.461 e. The number of ether oxygens (including phenoxy) is 1. The smallest absolute Gasteiger partial charge is 0.306 e. The minimum atomic E-state index is -0.823. The van der Waals surface area contributed by atoms with E-state index in [1.807, 2.05) is 18.2 Å². The van der Waals surface area contributed by atoms with Crippen molar-refractivity contribution >= 4 is 11.9 Å². The van der Waals surface area contributed by atoms with E-state index in [1.54, 1.807) is 0 Å². The monoisotopic (exact) mass is 836 g/mol. The van der Waals surface area contributed by atoms with Crippen LogP contribution in [0.25, 0.3) is 0 Å². The van der Waals surface area contributed by atoms with Crippen LogP contribution >= 0.6 is 0 Å². The molecule has 1 amide bonds. The van der Waals surface area contributed by atoms with Crippen LogP contribution in [0.1, 0.15) is 220 Å². The van der Waals surface area contributed by atoms with Gasteiger partial charge < -0.3 is 20.3 Å². The molecule has 0 fully saturated rings. The van der Waals surface area contributed by atoms with Gasteiger partial charge in [0, 0.05) is 12.8 Å². The Labute approximate surface area is 370 Å². The zero-order chi connectivity index (χ0) is 43.8. The number of amides is 1.